The van der Waals surface area contributed by atoms with E-state index in [0.29, 0.717) is 30.2 Å². The average molecular weight is 356 g/mol. The van der Waals surface area contributed by atoms with Crippen molar-refractivity contribution in [1.82, 2.24) is 19.7 Å². The number of carbonyl (C=O) groups is 1. The van der Waals surface area contributed by atoms with Crippen LogP contribution < -0.4 is 5.32 Å². The van der Waals surface area contributed by atoms with E-state index in [1.165, 1.54) is 12.1 Å². The molecule has 0 fully saturated rings. The van der Waals surface area contributed by atoms with Gasteiger partial charge in [0.2, 0.25) is 0 Å². The largest absolute Gasteiger partial charge is 0.379 e. The highest BCUT2D eigenvalue weighted by Crippen LogP contribution is 2.22. The number of ether oxygens (including phenoxy) is 1. The molecular formula is C19H21FN4O2. The Morgan fingerprint density at radius 1 is 1.31 bits per heavy atom. The number of hydrogen-bond acceptors (Lipinski definition) is 4. The molecule has 3 aromatic rings. The molecule has 2 aromatic heterocycles. The highest BCUT2D eigenvalue weighted by atomic mass is 19.1. The Balaban J connectivity index is 1.74. The van der Waals surface area contributed by atoms with Gasteiger partial charge in [0.15, 0.2) is 5.65 Å². The summed E-state index contributed by atoms with van der Waals surface area (Å²) in [4.78, 5) is 21.0. The molecule has 136 valence electrons. The molecule has 0 spiro atoms. The highest BCUT2D eigenvalue weighted by Gasteiger charge is 2.14. The van der Waals surface area contributed by atoms with Crippen molar-refractivity contribution < 1.29 is 13.9 Å². The van der Waals surface area contributed by atoms with Gasteiger partial charge in [-0.2, -0.15) is 0 Å². The fourth-order valence-corrected chi connectivity index (χ4v) is 2.52. The number of rotatable bonds is 7. The van der Waals surface area contributed by atoms with Gasteiger partial charge >= 0.3 is 0 Å². The van der Waals surface area contributed by atoms with Crippen LogP contribution in [0.15, 0.2) is 42.9 Å². The number of aromatic nitrogens is 3. The SMILES string of the molecule is CC(C)OCCCNC(=O)c1cn2ccnc(-c3ccc(F)cc3)c2n1. The van der Waals surface area contributed by atoms with E-state index in [9.17, 15) is 9.18 Å². The molecule has 0 saturated carbocycles. The predicted octanol–water partition coefficient (Wildman–Crippen LogP) is 3.08. The lowest BCUT2D eigenvalue weighted by atomic mass is 10.1. The summed E-state index contributed by atoms with van der Waals surface area (Å²) in [5.74, 6) is -0.561. The Kier molecular flexibility index (Phi) is 5.58. The lowest BCUT2D eigenvalue weighted by molar-refractivity contribution is 0.0756. The second kappa shape index (κ2) is 8.05. The number of halogens is 1. The maximum absolute atomic E-state index is 13.1. The first-order valence-corrected chi connectivity index (χ1v) is 8.54. The smallest absolute Gasteiger partial charge is 0.271 e. The maximum atomic E-state index is 13.1. The van der Waals surface area contributed by atoms with Gasteiger partial charge in [-0.1, -0.05) is 0 Å². The van der Waals surface area contributed by atoms with Crippen LogP contribution in [0.1, 0.15) is 30.8 Å². The Morgan fingerprint density at radius 2 is 2.08 bits per heavy atom. The molecule has 0 saturated heterocycles. The minimum Gasteiger partial charge on any atom is -0.379 e. The molecule has 0 aliphatic rings. The van der Waals surface area contributed by atoms with Crippen LogP contribution in [0.3, 0.4) is 0 Å². The van der Waals surface area contributed by atoms with E-state index >= 15 is 0 Å². The van der Waals surface area contributed by atoms with E-state index in [1.54, 1.807) is 35.1 Å². The van der Waals surface area contributed by atoms with Crippen molar-refractivity contribution in [3.8, 4) is 11.3 Å². The van der Waals surface area contributed by atoms with Crippen LogP contribution in [0, 0.1) is 5.82 Å². The molecule has 6 nitrogen and oxygen atoms in total. The van der Waals surface area contributed by atoms with E-state index in [1.807, 2.05) is 13.8 Å². The third-order valence-corrected chi connectivity index (χ3v) is 3.78. The summed E-state index contributed by atoms with van der Waals surface area (Å²) in [6, 6.07) is 6.02. The maximum Gasteiger partial charge on any atom is 0.271 e. The quantitative estimate of drug-likeness (QED) is 0.661. The van der Waals surface area contributed by atoms with E-state index in [2.05, 4.69) is 15.3 Å². The number of hydrogen-bond donors (Lipinski definition) is 1. The number of nitrogens with zero attached hydrogens (tertiary/aromatic N) is 3. The van der Waals surface area contributed by atoms with Crippen molar-refractivity contribution in [2.75, 3.05) is 13.2 Å². The number of carbonyl (C=O) groups excluding carboxylic acids is 1. The first kappa shape index (κ1) is 18.0. The topological polar surface area (TPSA) is 68.5 Å². The van der Waals surface area contributed by atoms with Crippen LogP contribution in [0.25, 0.3) is 16.9 Å². The first-order valence-electron chi connectivity index (χ1n) is 8.54. The summed E-state index contributed by atoms with van der Waals surface area (Å²) in [5, 5.41) is 2.84. The second-order valence-corrected chi connectivity index (χ2v) is 6.17. The zero-order valence-corrected chi connectivity index (χ0v) is 14.8. The second-order valence-electron chi connectivity index (χ2n) is 6.17. The molecule has 1 N–H and O–H groups in total. The number of amides is 1. The highest BCUT2D eigenvalue weighted by molar-refractivity contribution is 5.93. The molecule has 7 heteroatoms. The zero-order chi connectivity index (χ0) is 18.5. The van der Waals surface area contributed by atoms with Crippen molar-refractivity contribution in [1.29, 1.82) is 0 Å². The average Bonchev–Trinajstić information content (AvgIpc) is 3.06. The summed E-state index contributed by atoms with van der Waals surface area (Å²) >= 11 is 0. The fraction of sp³-hybridized carbons (Fsp3) is 0.316. The molecule has 2 heterocycles. The predicted molar refractivity (Wildman–Crippen MR) is 96.4 cm³/mol. The summed E-state index contributed by atoms with van der Waals surface area (Å²) < 4.78 is 20.3. The van der Waals surface area contributed by atoms with Gasteiger partial charge in [0.05, 0.1) is 6.10 Å². The van der Waals surface area contributed by atoms with Crippen LogP contribution in [0.5, 0.6) is 0 Å². The molecular weight excluding hydrogens is 335 g/mol. The van der Waals surface area contributed by atoms with Crippen LogP contribution in [-0.2, 0) is 4.74 Å². The monoisotopic (exact) mass is 356 g/mol. The van der Waals surface area contributed by atoms with Gasteiger partial charge in [-0.25, -0.2) is 9.37 Å². The van der Waals surface area contributed by atoms with Gasteiger partial charge in [0.1, 0.15) is 17.2 Å². The van der Waals surface area contributed by atoms with Gasteiger partial charge in [-0.15, -0.1) is 0 Å². The van der Waals surface area contributed by atoms with Crippen LogP contribution >= 0.6 is 0 Å². The van der Waals surface area contributed by atoms with Crippen molar-refractivity contribution >= 4 is 11.6 Å². The number of fused-ring (bicyclic) bond motifs is 1. The Bertz CT molecular complexity index is 890. The molecule has 1 aromatic carbocycles. The Morgan fingerprint density at radius 3 is 2.81 bits per heavy atom. The van der Waals surface area contributed by atoms with E-state index < -0.39 is 0 Å². The van der Waals surface area contributed by atoms with Gasteiger partial charge in [-0.3, -0.25) is 9.78 Å². The lowest BCUT2D eigenvalue weighted by Gasteiger charge is -2.07. The summed E-state index contributed by atoms with van der Waals surface area (Å²) in [6.45, 7) is 5.06. The summed E-state index contributed by atoms with van der Waals surface area (Å²) in [5.41, 5.74) is 2.19. The van der Waals surface area contributed by atoms with Crippen LogP contribution in [0.2, 0.25) is 0 Å². The molecule has 0 atom stereocenters. The normalized spacial score (nSPS) is 11.2. The van der Waals surface area contributed by atoms with Gasteiger partial charge in [-0.05, 0) is 44.5 Å². The van der Waals surface area contributed by atoms with E-state index in [-0.39, 0.29) is 17.8 Å². The van der Waals surface area contributed by atoms with Gasteiger partial charge in [0, 0.05) is 37.3 Å². The zero-order valence-electron chi connectivity index (χ0n) is 14.8. The van der Waals surface area contributed by atoms with Crippen molar-refractivity contribution in [3.63, 3.8) is 0 Å². The molecule has 0 aliphatic carbocycles. The van der Waals surface area contributed by atoms with Crippen LogP contribution in [0.4, 0.5) is 4.39 Å². The van der Waals surface area contributed by atoms with Gasteiger partial charge < -0.3 is 14.5 Å². The lowest BCUT2D eigenvalue weighted by Crippen LogP contribution is -2.25. The van der Waals surface area contributed by atoms with E-state index in [0.717, 1.165) is 12.0 Å². The Hall–Kier alpha value is -2.80. The summed E-state index contributed by atoms with van der Waals surface area (Å²) in [7, 11) is 0. The minimum absolute atomic E-state index is 0.182. The minimum atomic E-state index is -0.314. The molecule has 1 amide bonds. The molecule has 0 radical (unpaired) electrons. The fourth-order valence-electron chi connectivity index (χ4n) is 2.52. The number of nitrogens with one attached hydrogen (secondary N) is 1. The third-order valence-electron chi connectivity index (χ3n) is 3.78. The number of imidazole rings is 1. The molecule has 0 unspecified atom stereocenters. The van der Waals surface area contributed by atoms with E-state index in [4.69, 9.17) is 4.74 Å². The van der Waals surface area contributed by atoms with Crippen molar-refractivity contribution in [2.45, 2.75) is 26.4 Å². The van der Waals surface area contributed by atoms with Crippen LogP contribution in [-0.4, -0.2) is 39.5 Å². The molecule has 3 rings (SSSR count). The van der Waals surface area contributed by atoms with Crippen molar-refractivity contribution in [3.05, 3.63) is 54.4 Å². The molecule has 0 aliphatic heterocycles. The first-order chi connectivity index (χ1) is 12.5. The van der Waals surface area contributed by atoms with Gasteiger partial charge in [0.25, 0.3) is 5.91 Å². The molecule has 0 bridgehead atoms. The number of benzene rings is 1. The van der Waals surface area contributed by atoms with Crippen molar-refractivity contribution in [2.24, 2.45) is 0 Å². The standard InChI is InChI=1S/C19H21FN4O2/c1-13(2)26-11-3-8-22-19(25)16-12-24-10-9-21-17(18(24)23-16)14-4-6-15(20)7-5-14/h4-7,9-10,12-13H,3,8,11H2,1-2H3,(H,22,25). The third kappa shape index (κ3) is 4.23. The summed E-state index contributed by atoms with van der Waals surface area (Å²) in [6.07, 6.45) is 5.92. The molecule has 26 heavy (non-hydrogen) atoms. The Labute approximate surface area is 151 Å².